The van der Waals surface area contributed by atoms with Crippen LogP contribution < -0.4 is 10.9 Å². The molecule has 1 aromatic carbocycles. The predicted octanol–water partition coefficient (Wildman–Crippen LogP) is 3.28. The summed E-state index contributed by atoms with van der Waals surface area (Å²) in [5.41, 5.74) is 3.21. The number of carbonyl (C=O) groups is 1. The second kappa shape index (κ2) is 8.03. The first-order chi connectivity index (χ1) is 14.0. The lowest BCUT2D eigenvalue weighted by Crippen LogP contribution is -2.22. The summed E-state index contributed by atoms with van der Waals surface area (Å²) in [7, 11) is 0. The van der Waals surface area contributed by atoms with E-state index in [-0.39, 0.29) is 11.5 Å². The van der Waals surface area contributed by atoms with Crippen LogP contribution in [0.25, 0.3) is 5.95 Å². The predicted molar refractivity (Wildman–Crippen MR) is 111 cm³/mol. The molecule has 0 spiro atoms. The van der Waals surface area contributed by atoms with Crippen LogP contribution in [0.2, 0.25) is 0 Å². The van der Waals surface area contributed by atoms with Crippen LogP contribution in [0.5, 0.6) is 0 Å². The molecule has 1 saturated carbocycles. The summed E-state index contributed by atoms with van der Waals surface area (Å²) in [6.45, 7) is 3.75. The zero-order chi connectivity index (χ0) is 20.4. The second-order valence-electron chi connectivity index (χ2n) is 7.48. The largest absolute Gasteiger partial charge is 0.310 e. The van der Waals surface area contributed by atoms with Crippen LogP contribution in [0, 0.1) is 6.92 Å². The van der Waals surface area contributed by atoms with Gasteiger partial charge in [0.2, 0.25) is 11.9 Å². The van der Waals surface area contributed by atoms with Crippen LogP contribution in [-0.4, -0.2) is 25.7 Å². The maximum absolute atomic E-state index is 12.6. The van der Waals surface area contributed by atoms with E-state index >= 15 is 0 Å². The van der Waals surface area contributed by atoms with E-state index < -0.39 is 0 Å². The zero-order valence-corrected chi connectivity index (χ0v) is 16.7. The summed E-state index contributed by atoms with van der Waals surface area (Å²) in [6, 6.07) is 11.8. The third kappa shape index (κ3) is 4.29. The Bertz CT molecular complexity index is 1080. The number of rotatable bonds is 7. The van der Waals surface area contributed by atoms with E-state index in [1.165, 1.54) is 0 Å². The van der Waals surface area contributed by atoms with Gasteiger partial charge in [-0.15, -0.1) is 0 Å². The number of benzene rings is 1. The van der Waals surface area contributed by atoms with Gasteiger partial charge in [-0.05, 0) is 38.2 Å². The van der Waals surface area contributed by atoms with Crippen molar-refractivity contribution in [1.82, 2.24) is 19.7 Å². The molecule has 0 saturated heterocycles. The highest BCUT2D eigenvalue weighted by Gasteiger charge is 2.28. The van der Waals surface area contributed by atoms with E-state index in [1.54, 1.807) is 4.68 Å². The molecular weight excluding hydrogens is 366 g/mol. The number of aromatic nitrogens is 4. The minimum Gasteiger partial charge on any atom is -0.310 e. The van der Waals surface area contributed by atoms with E-state index in [1.807, 2.05) is 50.2 Å². The number of hydrogen-bond acceptors (Lipinski definition) is 4. The highest BCUT2D eigenvalue weighted by Crippen LogP contribution is 2.40. The lowest BCUT2D eigenvalue weighted by atomic mass is 10.1. The zero-order valence-electron chi connectivity index (χ0n) is 16.7. The fourth-order valence-electron chi connectivity index (χ4n) is 3.45. The van der Waals surface area contributed by atoms with Gasteiger partial charge in [-0.2, -0.15) is 9.78 Å². The third-order valence-corrected chi connectivity index (χ3v) is 5.24. The van der Waals surface area contributed by atoms with Gasteiger partial charge in [-0.1, -0.05) is 37.3 Å². The Balaban J connectivity index is 1.58. The van der Waals surface area contributed by atoms with Crippen LogP contribution in [0.1, 0.15) is 54.6 Å². The highest BCUT2D eigenvalue weighted by molar-refractivity contribution is 5.90. The van der Waals surface area contributed by atoms with Crippen molar-refractivity contribution in [2.45, 2.75) is 51.9 Å². The number of nitrogens with one attached hydrogen (secondary N) is 2. The Labute approximate surface area is 169 Å². The van der Waals surface area contributed by atoms with Gasteiger partial charge < -0.3 is 5.32 Å². The maximum atomic E-state index is 12.6. The molecule has 1 aliphatic carbocycles. The number of H-pyrrole nitrogens is 1. The molecule has 7 heteroatoms. The van der Waals surface area contributed by atoms with Crippen molar-refractivity contribution in [3.05, 3.63) is 69.3 Å². The molecule has 3 aromatic rings. The molecular formula is C22H25N5O2. The number of hydrogen-bond donors (Lipinski definition) is 2. The Morgan fingerprint density at radius 1 is 1.28 bits per heavy atom. The summed E-state index contributed by atoms with van der Waals surface area (Å²) in [6.07, 6.45) is 3.83. The number of aromatic amines is 1. The molecule has 150 valence electrons. The summed E-state index contributed by atoms with van der Waals surface area (Å²) in [5.74, 6) is 1.19. The Kier molecular flexibility index (Phi) is 5.29. The number of amides is 1. The number of anilines is 1. The van der Waals surface area contributed by atoms with Crippen LogP contribution >= 0.6 is 0 Å². The quantitative estimate of drug-likeness (QED) is 0.646. The van der Waals surface area contributed by atoms with Gasteiger partial charge >= 0.3 is 0 Å². The molecule has 2 heterocycles. The normalized spacial score (nSPS) is 13.4. The Morgan fingerprint density at radius 3 is 2.69 bits per heavy atom. The molecule has 0 bridgehead atoms. The lowest BCUT2D eigenvalue weighted by Gasteiger charge is -2.10. The molecule has 4 rings (SSSR count). The standard InChI is InChI=1S/C22H25N5O2/c1-3-17-14(2)23-22(25-21(17)29)27-19(13-18(26-27)16-10-11-16)24-20(28)12-9-15-7-5-4-6-8-15/h4-8,13,16H,3,9-12H2,1-2H3,(H,24,28)(H,23,25,29). The average molecular weight is 391 g/mol. The number of carbonyl (C=O) groups excluding carboxylic acids is 1. The van der Waals surface area contributed by atoms with E-state index in [4.69, 9.17) is 0 Å². The van der Waals surface area contributed by atoms with Crippen molar-refractivity contribution in [3.8, 4) is 5.95 Å². The van der Waals surface area contributed by atoms with Gasteiger partial charge in [0.1, 0.15) is 5.82 Å². The van der Waals surface area contributed by atoms with Crippen LogP contribution in [0.15, 0.2) is 41.2 Å². The summed E-state index contributed by atoms with van der Waals surface area (Å²) < 4.78 is 1.54. The van der Waals surface area contributed by atoms with Crippen molar-refractivity contribution >= 4 is 11.7 Å². The van der Waals surface area contributed by atoms with Crippen molar-refractivity contribution < 1.29 is 4.79 Å². The molecule has 0 radical (unpaired) electrons. The van der Waals surface area contributed by atoms with Crippen molar-refractivity contribution in [1.29, 1.82) is 0 Å². The van der Waals surface area contributed by atoms with Gasteiger partial charge in [0, 0.05) is 29.7 Å². The summed E-state index contributed by atoms with van der Waals surface area (Å²) in [5, 5.41) is 7.57. The number of aryl methyl sites for hydroxylation is 2. The van der Waals surface area contributed by atoms with Crippen LogP contribution in [0.4, 0.5) is 5.82 Å². The van der Waals surface area contributed by atoms with Gasteiger partial charge in [0.25, 0.3) is 5.56 Å². The van der Waals surface area contributed by atoms with Gasteiger partial charge in [-0.3, -0.25) is 14.6 Å². The van der Waals surface area contributed by atoms with Gasteiger partial charge in [0.05, 0.1) is 5.69 Å². The van der Waals surface area contributed by atoms with Crippen LogP contribution in [-0.2, 0) is 17.6 Å². The van der Waals surface area contributed by atoms with E-state index in [9.17, 15) is 9.59 Å². The lowest BCUT2D eigenvalue weighted by molar-refractivity contribution is -0.116. The maximum Gasteiger partial charge on any atom is 0.255 e. The Hall–Kier alpha value is -3.22. The third-order valence-electron chi connectivity index (χ3n) is 5.24. The molecule has 1 aliphatic rings. The number of nitrogens with zero attached hydrogens (tertiary/aromatic N) is 3. The van der Waals surface area contributed by atoms with Crippen molar-refractivity contribution in [3.63, 3.8) is 0 Å². The SMILES string of the molecule is CCc1c(C)nc(-n2nc(C3CC3)cc2NC(=O)CCc2ccccc2)[nH]c1=O. The van der Waals surface area contributed by atoms with Crippen molar-refractivity contribution in [2.24, 2.45) is 0 Å². The molecule has 1 fully saturated rings. The molecule has 0 aliphatic heterocycles. The monoisotopic (exact) mass is 391 g/mol. The summed E-state index contributed by atoms with van der Waals surface area (Å²) >= 11 is 0. The first-order valence-electron chi connectivity index (χ1n) is 10.1. The highest BCUT2D eigenvalue weighted by atomic mass is 16.1. The topological polar surface area (TPSA) is 92.7 Å². The van der Waals surface area contributed by atoms with Gasteiger partial charge in [-0.25, -0.2) is 4.98 Å². The van der Waals surface area contributed by atoms with E-state index in [0.717, 1.165) is 24.1 Å². The molecule has 0 atom stereocenters. The molecule has 2 aromatic heterocycles. The fourth-order valence-corrected chi connectivity index (χ4v) is 3.45. The van der Waals surface area contributed by atoms with Crippen LogP contribution in [0.3, 0.4) is 0 Å². The molecule has 1 amide bonds. The minimum atomic E-state index is -0.167. The Morgan fingerprint density at radius 2 is 2.03 bits per heavy atom. The first kappa shape index (κ1) is 19.1. The van der Waals surface area contributed by atoms with Crippen molar-refractivity contribution in [2.75, 3.05) is 5.32 Å². The summed E-state index contributed by atoms with van der Waals surface area (Å²) in [4.78, 5) is 32.3. The second-order valence-corrected chi connectivity index (χ2v) is 7.48. The first-order valence-corrected chi connectivity index (χ1v) is 10.1. The molecule has 2 N–H and O–H groups in total. The molecule has 29 heavy (non-hydrogen) atoms. The minimum absolute atomic E-state index is 0.0957. The van der Waals surface area contributed by atoms with E-state index in [0.29, 0.717) is 48.2 Å². The van der Waals surface area contributed by atoms with Gasteiger partial charge in [0.15, 0.2) is 0 Å². The fraction of sp³-hybridized carbons (Fsp3) is 0.364. The van der Waals surface area contributed by atoms with E-state index in [2.05, 4.69) is 20.4 Å². The smallest absolute Gasteiger partial charge is 0.255 e. The average Bonchev–Trinajstić information content (AvgIpc) is 3.48. The molecule has 7 nitrogen and oxygen atoms in total. The molecule has 0 unspecified atom stereocenters.